The maximum atomic E-state index is 12.4. The summed E-state index contributed by atoms with van der Waals surface area (Å²) in [6, 6.07) is 3.58. The maximum absolute atomic E-state index is 12.4. The minimum atomic E-state index is -4.15. The molecule has 3 nitrogen and oxygen atoms in total. The minimum Gasteiger partial charge on any atom is -0.375 e. The van der Waals surface area contributed by atoms with E-state index in [0.717, 1.165) is 56.7 Å². The monoisotopic (exact) mass is 421 g/mol. The minimum absolute atomic E-state index is 0.0804. The van der Waals surface area contributed by atoms with Crippen LogP contribution in [-0.2, 0) is 6.42 Å². The zero-order valence-electron chi connectivity index (χ0n) is 18.5. The summed E-state index contributed by atoms with van der Waals surface area (Å²) in [6.07, 6.45) is 0.796. The highest BCUT2D eigenvalue weighted by Gasteiger charge is 2.44. The van der Waals surface area contributed by atoms with E-state index in [2.05, 4.69) is 48.7 Å². The molecule has 0 bridgehead atoms. The van der Waals surface area contributed by atoms with Crippen molar-refractivity contribution in [1.82, 2.24) is 9.88 Å². The van der Waals surface area contributed by atoms with Crippen LogP contribution >= 0.6 is 0 Å². The second kappa shape index (κ2) is 8.27. The molecule has 2 fully saturated rings. The highest BCUT2D eigenvalue weighted by molar-refractivity contribution is 5.54. The Morgan fingerprint density at radius 3 is 2.27 bits per heavy atom. The third-order valence-corrected chi connectivity index (χ3v) is 6.44. The molecule has 0 aliphatic carbocycles. The highest BCUT2D eigenvalue weighted by atomic mass is 19.4. The SMILES string of the molecule is C=C(CC(C)(C)C)N1CCC2(CC1)CCN(c1ccc(CCC(F)(F)F)nc1)C2=C. The fourth-order valence-corrected chi connectivity index (χ4v) is 4.68. The van der Waals surface area contributed by atoms with Crippen LogP contribution in [-0.4, -0.2) is 35.7 Å². The lowest BCUT2D eigenvalue weighted by Crippen LogP contribution is -2.40. The second-order valence-electron chi connectivity index (χ2n) is 10.0. The number of rotatable bonds is 5. The normalized spacial score (nSPS) is 19.6. The Morgan fingerprint density at radius 2 is 1.73 bits per heavy atom. The summed E-state index contributed by atoms with van der Waals surface area (Å²) >= 11 is 0. The molecule has 1 aromatic rings. The summed E-state index contributed by atoms with van der Waals surface area (Å²) in [5, 5.41) is 0. The first-order valence-electron chi connectivity index (χ1n) is 10.8. The smallest absolute Gasteiger partial charge is 0.375 e. The third kappa shape index (κ3) is 5.38. The van der Waals surface area contributed by atoms with Crippen molar-refractivity contribution >= 4 is 5.69 Å². The molecule has 2 aliphatic heterocycles. The van der Waals surface area contributed by atoms with Crippen molar-refractivity contribution in [2.45, 2.75) is 65.5 Å². The van der Waals surface area contributed by atoms with Gasteiger partial charge in [0.25, 0.3) is 0 Å². The Kier molecular flexibility index (Phi) is 6.26. The number of alkyl halides is 3. The van der Waals surface area contributed by atoms with Gasteiger partial charge in [-0.1, -0.05) is 33.9 Å². The fraction of sp³-hybridized carbons (Fsp3) is 0.625. The lowest BCUT2D eigenvalue weighted by atomic mass is 9.75. The number of hydrogen-bond donors (Lipinski definition) is 0. The molecule has 0 saturated carbocycles. The molecule has 0 amide bonds. The molecular weight excluding hydrogens is 387 g/mol. The van der Waals surface area contributed by atoms with Crippen LogP contribution in [0.15, 0.2) is 42.9 Å². The lowest BCUT2D eigenvalue weighted by Gasteiger charge is -2.43. The number of pyridine rings is 1. The van der Waals surface area contributed by atoms with Crippen molar-refractivity contribution in [3.8, 4) is 0 Å². The standard InChI is InChI=1S/C24H34F3N3/c1-18(16-22(3,4)5)29-13-10-23(11-14-29)12-15-30(19(23)2)21-7-6-20(28-17-21)8-9-24(25,26)27/h6-7,17H,1-2,8-16H2,3-5H3. The molecule has 30 heavy (non-hydrogen) atoms. The summed E-state index contributed by atoms with van der Waals surface area (Å²) in [6.45, 7) is 18.3. The zero-order valence-corrected chi connectivity index (χ0v) is 18.5. The van der Waals surface area contributed by atoms with Gasteiger partial charge in [-0.15, -0.1) is 0 Å². The van der Waals surface area contributed by atoms with E-state index in [1.165, 1.54) is 5.70 Å². The molecule has 3 heterocycles. The van der Waals surface area contributed by atoms with Crippen LogP contribution in [0, 0.1) is 10.8 Å². The van der Waals surface area contributed by atoms with Gasteiger partial charge in [-0.05, 0) is 49.7 Å². The van der Waals surface area contributed by atoms with Gasteiger partial charge < -0.3 is 9.80 Å². The average molecular weight is 422 g/mol. The molecule has 166 valence electrons. The average Bonchev–Trinajstić information content (AvgIpc) is 2.95. The molecule has 1 spiro atoms. The van der Waals surface area contributed by atoms with Crippen LogP contribution in [0.1, 0.15) is 58.6 Å². The van der Waals surface area contributed by atoms with Crippen LogP contribution in [0.5, 0.6) is 0 Å². The summed E-state index contributed by atoms with van der Waals surface area (Å²) in [5.74, 6) is 0. The third-order valence-electron chi connectivity index (χ3n) is 6.44. The summed E-state index contributed by atoms with van der Waals surface area (Å²) in [7, 11) is 0. The number of hydrogen-bond acceptors (Lipinski definition) is 3. The molecular formula is C24H34F3N3. The number of nitrogens with zero attached hydrogens (tertiary/aromatic N) is 3. The highest BCUT2D eigenvalue weighted by Crippen LogP contribution is 2.49. The second-order valence-corrected chi connectivity index (χ2v) is 10.0. The predicted molar refractivity (Wildman–Crippen MR) is 116 cm³/mol. The molecule has 0 N–H and O–H groups in total. The summed E-state index contributed by atoms with van der Waals surface area (Å²) in [5.41, 5.74) is 4.07. The van der Waals surface area contributed by atoms with Gasteiger partial charge in [0.1, 0.15) is 0 Å². The summed E-state index contributed by atoms with van der Waals surface area (Å²) in [4.78, 5) is 8.88. The molecule has 6 heteroatoms. The van der Waals surface area contributed by atoms with Gasteiger partial charge in [-0.3, -0.25) is 4.98 Å². The quantitative estimate of drug-likeness (QED) is 0.554. The first-order valence-corrected chi connectivity index (χ1v) is 10.8. The number of piperidine rings is 1. The van der Waals surface area contributed by atoms with E-state index < -0.39 is 12.6 Å². The molecule has 0 radical (unpaired) electrons. The van der Waals surface area contributed by atoms with E-state index in [1.54, 1.807) is 12.3 Å². The molecule has 2 aliphatic rings. The van der Waals surface area contributed by atoms with Crippen LogP contribution in [0.2, 0.25) is 0 Å². The number of anilines is 1. The van der Waals surface area contributed by atoms with Crippen molar-refractivity contribution in [3.05, 3.63) is 48.6 Å². The maximum Gasteiger partial charge on any atom is 0.389 e. The molecule has 0 unspecified atom stereocenters. The van der Waals surface area contributed by atoms with Crippen LogP contribution < -0.4 is 4.90 Å². The Bertz CT molecular complexity index is 766. The number of likely N-dealkylation sites (tertiary alicyclic amines) is 1. The first kappa shape index (κ1) is 22.7. The van der Waals surface area contributed by atoms with E-state index in [4.69, 9.17) is 0 Å². The van der Waals surface area contributed by atoms with Crippen LogP contribution in [0.3, 0.4) is 0 Å². The lowest BCUT2D eigenvalue weighted by molar-refractivity contribution is -0.134. The van der Waals surface area contributed by atoms with Crippen molar-refractivity contribution in [3.63, 3.8) is 0 Å². The molecule has 1 aromatic heterocycles. The van der Waals surface area contributed by atoms with Crippen LogP contribution in [0.4, 0.5) is 18.9 Å². The summed E-state index contributed by atoms with van der Waals surface area (Å²) < 4.78 is 37.3. The van der Waals surface area contributed by atoms with Gasteiger partial charge >= 0.3 is 6.18 Å². The molecule has 0 aromatic carbocycles. The van der Waals surface area contributed by atoms with E-state index >= 15 is 0 Å². The number of aromatic nitrogens is 1. The van der Waals surface area contributed by atoms with Crippen molar-refractivity contribution in [2.75, 3.05) is 24.5 Å². The zero-order chi connectivity index (χ0) is 22.2. The van der Waals surface area contributed by atoms with Gasteiger partial charge in [0.15, 0.2) is 0 Å². The van der Waals surface area contributed by atoms with Gasteiger partial charge in [0, 0.05) is 48.6 Å². The van der Waals surface area contributed by atoms with Crippen molar-refractivity contribution < 1.29 is 13.2 Å². The predicted octanol–water partition coefficient (Wildman–Crippen LogP) is 6.33. The van der Waals surface area contributed by atoms with E-state index in [-0.39, 0.29) is 17.3 Å². The molecule has 0 atom stereocenters. The van der Waals surface area contributed by atoms with Gasteiger partial charge in [-0.25, -0.2) is 0 Å². The molecule has 3 rings (SSSR count). The van der Waals surface area contributed by atoms with E-state index in [9.17, 15) is 13.2 Å². The largest absolute Gasteiger partial charge is 0.389 e. The topological polar surface area (TPSA) is 19.4 Å². The Morgan fingerprint density at radius 1 is 1.10 bits per heavy atom. The number of halogens is 3. The van der Waals surface area contributed by atoms with Crippen molar-refractivity contribution in [1.29, 1.82) is 0 Å². The van der Waals surface area contributed by atoms with Crippen molar-refractivity contribution in [2.24, 2.45) is 10.8 Å². The molecule has 2 saturated heterocycles. The van der Waals surface area contributed by atoms with E-state index in [0.29, 0.717) is 5.69 Å². The van der Waals surface area contributed by atoms with Gasteiger partial charge in [0.05, 0.1) is 11.9 Å². The number of allylic oxidation sites excluding steroid dienone is 2. The van der Waals surface area contributed by atoms with Crippen LogP contribution in [0.25, 0.3) is 0 Å². The van der Waals surface area contributed by atoms with Gasteiger partial charge in [0.2, 0.25) is 0 Å². The fourth-order valence-electron chi connectivity index (χ4n) is 4.68. The Hall–Kier alpha value is -1.98. The van der Waals surface area contributed by atoms with Gasteiger partial charge in [-0.2, -0.15) is 13.2 Å². The Balaban J connectivity index is 1.59. The Labute approximate surface area is 178 Å². The first-order chi connectivity index (χ1) is 13.9. The van der Waals surface area contributed by atoms with E-state index in [1.807, 2.05) is 6.07 Å². The number of aryl methyl sites for hydroxylation is 1.